The maximum Gasteiger partial charge on any atom is 0.232 e. The van der Waals surface area contributed by atoms with Gasteiger partial charge in [0.15, 0.2) is 0 Å². The summed E-state index contributed by atoms with van der Waals surface area (Å²) in [6.45, 7) is 1.94. The van der Waals surface area contributed by atoms with Gasteiger partial charge in [0, 0.05) is 11.1 Å². The minimum absolute atomic E-state index is 0.0388. The van der Waals surface area contributed by atoms with E-state index in [1.807, 2.05) is 37.3 Å². The van der Waals surface area contributed by atoms with Gasteiger partial charge in [-0.1, -0.05) is 18.2 Å². The number of benzene rings is 1. The van der Waals surface area contributed by atoms with E-state index in [1.54, 1.807) is 0 Å². The molecule has 0 unspecified atom stereocenters. The van der Waals surface area contributed by atoms with Gasteiger partial charge >= 0.3 is 0 Å². The largest absolute Gasteiger partial charge is 0.322 e. The summed E-state index contributed by atoms with van der Waals surface area (Å²) < 4.78 is 0. The number of halogens is 2. The molecule has 3 rings (SSSR count). The fraction of sp³-hybridized carbons (Fsp3) is 0.0769. The minimum Gasteiger partial charge on any atom is -0.322 e. The molecule has 0 aliphatic carbocycles. The second-order valence-electron chi connectivity index (χ2n) is 4.15. The number of rotatable bonds is 2. The van der Waals surface area contributed by atoms with Crippen molar-refractivity contribution in [1.29, 1.82) is 0 Å². The van der Waals surface area contributed by atoms with E-state index in [0.717, 1.165) is 22.3 Å². The quantitative estimate of drug-likeness (QED) is 0.780. The number of anilines is 2. The Bertz CT molecular complexity index is 771. The molecule has 3 aromatic rings. The highest BCUT2D eigenvalue weighted by Crippen LogP contribution is 2.24. The Morgan fingerprint density at radius 2 is 1.65 bits per heavy atom. The van der Waals surface area contributed by atoms with Gasteiger partial charge in [0.2, 0.25) is 16.5 Å². The Morgan fingerprint density at radius 3 is 2.40 bits per heavy atom. The molecule has 0 aliphatic rings. The highest BCUT2D eigenvalue weighted by atomic mass is 35.5. The van der Waals surface area contributed by atoms with E-state index < -0.39 is 0 Å². The van der Waals surface area contributed by atoms with Crippen LogP contribution >= 0.6 is 23.2 Å². The molecular weight excluding hydrogens is 297 g/mol. The highest BCUT2D eigenvalue weighted by Gasteiger charge is 2.07. The van der Waals surface area contributed by atoms with Crippen molar-refractivity contribution in [2.24, 2.45) is 0 Å². The number of nitrogens with zero attached hydrogens (tertiary/aromatic N) is 4. The van der Waals surface area contributed by atoms with E-state index in [2.05, 4.69) is 25.3 Å². The third kappa shape index (κ3) is 2.64. The molecule has 0 spiro atoms. The summed E-state index contributed by atoms with van der Waals surface area (Å²) in [7, 11) is 0. The first kappa shape index (κ1) is 13.0. The lowest BCUT2D eigenvalue weighted by molar-refractivity contribution is 1.05. The zero-order valence-electron chi connectivity index (χ0n) is 10.4. The molecule has 5 nitrogen and oxygen atoms in total. The lowest BCUT2D eigenvalue weighted by Gasteiger charge is -2.08. The normalized spacial score (nSPS) is 10.8. The van der Waals surface area contributed by atoms with Gasteiger partial charge in [-0.05, 0) is 42.3 Å². The van der Waals surface area contributed by atoms with Crippen molar-refractivity contribution in [3.8, 4) is 0 Å². The molecule has 0 bridgehead atoms. The number of pyridine rings is 1. The maximum absolute atomic E-state index is 5.76. The van der Waals surface area contributed by atoms with E-state index in [0.29, 0.717) is 0 Å². The summed E-state index contributed by atoms with van der Waals surface area (Å²) in [5, 5.41) is 4.16. The van der Waals surface area contributed by atoms with Crippen molar-refractivity contribution in [2.45, 2.75) is 6.92 Å². The molecule has 20 heavy (non-hydrogen) atoms. The van der Waals surface area contributed by atoms with Gasteiger partial charge in [-0.2, -0.15) is 15.0 Å². The molecule has 1 aromatic carbocycles. The molecule has 0 atom stereocenters. The maximum atomic E-state index is 5.76. The lowest BCUT2D eigenvalue weighted by Crippen LogP contribution is -2.00. The third-order valence-electron chi connectivity index (χ3n) is 2.69. The van der Waals surface area contributed by atoms with Crippen LogP contribution in [-0.4, -0.2) is 19.9 Å². The summed E-state index contributed by atoms with van der Waals surface area (Å²) >= 11 is 11.5. The second kappa shape index (κ2) is 5.19. The van der Waals surface area contributed by atoms with Gasteiger partial charge in [0.25, 0.3) is 0 Å². The molecule has 0 radical (unpaired) electrons. The number of aromatic nitrogens is 4. The third-order valence-corrected chi connectivity index (χ3v) is 3.02. The van der Waals surface area contributed by atoms with E-state index in [9.17, 15) is 0 Å². The number of hydrogen-bond donors (Lipinski definition) is 1. The van der Waals surface area contributed by atoms with Gasteiger partial charge in [0.05, 0.1) is 11.2 Å². The molecule has 0 fully saturated rings. The topological polar surface area (TPSA) is 63.6 Å². The van der Waals surface area contributed by atoms with Crippen LogP contribution in [0.5, 0.6) is 0 Å². The van der Waals surface area contributed by atoms with Crippen molar-refractivity contribution in [2.75, 3.05) is 5.32 Å². The predicted octanol–water partition coefficient (Wildman–Crippen LogP) is 3.78. The zero-order valence-corrected chi connectivity index (χ0v) is 11.9. The van der Waals surface area contributed by atoms with Crippen molar-refractivity contribution < 1.29 is 0 Å². The first-order valence-corrected chi connectivity index (χ1v) is 6.58. The summed E-state index contributed by atoms with van der Waals surface area (Å²) in [5.74, 6) is 0.283. The van der Waals surface area contributed by atoms with Gasteiger partial charge in [-0.25, -0.2) is 0 Å². The lowest BCUT2D eigenvalue weighted by atomic mass is 10.2. The van der Waals surface area contributed by atoms with Crippen LogP contribution in [0.1, 0.15) is 5.69 Å². The SMILES string of the molecule is Cc1ccc2cccc(Nc3nc(Cl)nc(Cl)n3)c2n1. The Kier molecular flexibility index (Phi) is 3.38. The van der Waals surface area contributed by atoms with Crippen LogP contribution in [0.2, 0.25) is 10.6 Å². The second-order valence-corrected chi connectivity index (χ2v) is 4.83. The number of hydrogen-bond acceptors (Lipinski definition) is 5. The monoisotopic (exact) mass is 305 g/mol. The number of aryl methyl sites for hydroxylation is 1. The minimum atomic E-state index is 0.0388. The van der Waals surface area contributed by atoms with Crippen molar-refractivity contribution >= 4 is 45.7 Å². The molecule has 2 aromatic heterocycles. The van der Waals surface area contributed by atoms with E-state index in [4.69, 9.17) is 23.2 Å². The average molecular weight is 306 g/mol. The molecular formula is C13H9Cl2N5. The number of fused-ring (bicyclic) bond motifs is 1. The fourth-order valence-electron chi connectivity index (χ4n) is 1.85. The smallest absolute Gasteiger partial charge is 0.232 e. The standard InChI is InChI=1S/C13H9Cl2N5/c1-7-5-6-8-3-2-4-9(10(8)16-7)17-13-19-11(14)18-12(15)20-13/h2-6H,1H3,(H,17,18,19,20). The number of nitrogens with one attached hydrogen (secondary N) is 1. The molecule has 0 saturated carbocycles. The van der Waals surface area contributed by atoms with E-state index >= 15 is 0 Å². The average Bonchev–Trinajstić information content (AvgIpc) is 2.38. The predicted molar refractivity (Wildman–Crippen MR) is 79.6 cm³/mol. The molecule has 7 heteroatoms. The van der Waals surface area contributed by atoms with Gasteiger partial charge < -0.3 is 5.32 Å². The first-order chi connectivity index (χ1) is 9.61. The van der Waals surface area contributed by atoms with Crippen LogP contribution in [0, 0.1) is 6.92 Å². The van der Waals surface area contributed by atoms with Crippen LogP contribution in [-0.2, 0) is 0 Å². The van der Waals surface area contributed by atoms with Crippen molar-refractivity contribution in [1.82, 2.24) is 19.9 Å². The molecule has 0 saturated heterocycles. The first-order valence-electron chi connectivity index (χ1n) is 5.82. The Labute approximate surface area is 125 Å². The van der Waals surface area contributed by atoms with Crippen LogP contribution in [0.15, 0.2) is 30.3 Å². The Hall–Kier alpha value is -1.98. The van der Waals surface area contributed by atoms with Crippen molar-refractivity contribution in [3.05, 3.63) is 46.6 Å². The van der Waals surface area contributed by atoms with E-state index in [-0.39, 0.29) is 16.5 Å². The number of para-hydroxylation sites is 1. The molecule has 2 heterocycles. The van der Waals surface area contributed by atoms with Gasteiger partial charge in [-0.3, -0.25) is 4.98 Å². The molecule has 0 aliphatic heterocycles. The molecule has 100 valence electrons. The van der Waals surface area contributed by atoms with Crippen LogP contribution in [0.4, 0.5) is 11.6 Å². The van der Waals surface area contributed by atoms with Crippen LogP contribution in [0.3, 0.4) is 0 Å². The summed E-state index contributed by atoms with van der Waals surface area (Å²) in [4.78, 5) is 16.2. The summed E-state index contributed by atoms with van der Waals surface area (Å²) in [6.07, 6.45) is 0. The summed E-state index contributed by atoms with van der Waals surface area (Å²) in [5.41, 5.74) is 2.54. The Morgan fingerprint density at radius 1 is 0.900 bits per heavy atom. The molecule has 0 amide bonds. The van der Waals surface area contributed by atoms with E-state index in [1.165, 1.54) is 0 Å². The summed E-state index contributed by atoms with van der Waals surface area (Å²) in [6, 6.07) is 9.77. The van der Waals surface area contributed by atoms with Gasteiger partial charge in [-0.15, -0.1) is 0 Å². The van der Waals surface area contributed by atoms with Crippen LogP contribution in [0.25, 0.3) is 10.9 Å². The zero-order chi connectivity index (χ0) is 14.1. The fourth-order valence-corrected chi connectivity index (χ4v) is 2.21. The molecule has 1 N–H and O–H groups in total. The Balaban J connectivity index is 2.08. The highest BCUT2D eigenvalue weighted by molar-refractivity contribution is 6.31. The van der Waals surface area contributed by atoms with Crippen molar-refractivity contribution in [3.63, 3.8) is 0 Å². The van der Waals surface area contributed by atoms with Crippen LogP contribution < -0.4 is 5.32 Å². The van der Waals surface area contributed by atoms with Gasteiger partial charge in [0.1, 0.15) is 0 Å².